The summed E-state index contributed by atoms with van der Waals surface area (Å²) in [6.07, 6.45) is 0.567. The second-order valence-electron chi connectivity index (χ2n) is 8.18. The summed E-state index contributed by atoms with van der Waals surface area (Å²) >= 11 is 0. The molecule has 1 fully saturated rings. The van der Waals surface area contributed by atoms with Crippen LogP contribution < -0.4 is 5.73 Å². The summed E-state index contributed by atoms with van der Waals surface area (Å²) in [5.41, 5.74) is 9.97. The van der Waals surface area contributed by atoms with Gasteiger partial charge in [0.2, 0.25) is 0 Å². The molecule has 1 aliphatic carbocycles. The fourth-order valence-corrected chi connectivity index (χ4v) is 4.18. The van der Waals surface area contributed by atoms with Crippen LogP contribution in [0.4, 0.5) is 0 Å². The third-order valence-electron chi connectivity index (χ3n) is 5.80. The van der Waals surface area contributed by atoms with Gasteiger partial charge in [0.1, 0.15) is 0 Å². The first-order valence-electron chi connectivity index (χ1n) is 11.0. The first-order valence-corrected chi connectivity index (χ1v) is 11.0. The molecule has 4 nitrogen and oxygen atoms in total. The Morgan fingerprint density at radius 3 is 1.58 bits per heavy atom. The van der Waals surface area contributed by atoms with E-state index in [1.807, 2.05) is 54.6 Å². The van der Waals surface area contributed by atoms with Gasteiger partial charge in [0.15, 0.2) is 0 Å². The summed E-state index contributed by atoms with van der Waals surface area (Å²) in [5, 5.41) is 0. The lowest BCUT2D eigenvalue weighted by molar-refractivity contribution is -0.0976. The standard InChI is InChI=1S/C27H31NO3/c28-25-16-24(20-29-17-21-10-4-1-5-11-21)26(30-18-22-12-6-2-7-13-22)27(25)31-19-23-14-8-3-9-15-23/h1-15,24-27H,16-20,28H2. The minimum absolute atomic E-state index is 0.0742. The maximum atomic E-state index is 6.52. The molecule has 0 aliphatic heterocycles. The molecule has 1 aliphatic rings. The van der Waals surface area contributed by atoms with Crippen LogP contribution in [0.15, 0.2) is 91.0 Å². The quantitative estimate of drug-likeness (QED) is 0.519. The third-order valence-corrected chi connectivity index (χ3v) is 5.80. The fraction of sp³-hybridized carbons (Fsp3) is 0.333. The van der Waals surface area contributed by atoms with E-state index in [4.69, 9.17) is 19.9 Å². The summed E-state index contributed by atoms with van der Waals surface area (Å²) < 4.78 is 18.7. The fourth-order valence-electron chi connectivity index (χ4n) is 4.18. The Morgan fingerprint density at radius 1 is 0.613 bits per heavy atom. The van der Waals surface area contributed by atoms with Gasteiger partial charge in [0.25, 0.3) is 0 Å². The molecule has 3 aromatic rings. The summed E-state index contributed by atoms with van der Waals surface area (Å²) in [7, 11) is 0. The van der Waals surface area contributed by atoms with Crippen molar-refractivity contribution in [3.8, 4) is 0 Å². The van der Waals surface area contributed by atoms with Gasteiger partial charge in [-0.15, -0.1) is 0 Å². The van der Waals surface area contributed by atoms with E-state index in [0.717, 1.165) is 17.5 Å². The third kappa shape index (κ3) is 6.25. The molecule has 0 spiro atoms. The van der Waals surface area contributed by atoms with Gasteiger partial charge < -0.3 is 19.9 Å². The first-order chi connectivity index (χ1) is 15.3. The lowest BCUT2D eigenvalue weighted by Crippen LogP contribution is -2.40. The van der Waals surface area contributed by atoms with E-state index in [0.29, 0.717) is 26.4 Å². The lowest BCUT2D eigenvalue weighted by Gasteiger charge is -2.26. The smallest absolute Gasteiger partial charge is 0.0995 e. The van der Waals surface area contributed by atoms with Crippen molar-refractivity contribution in [3.63, 3.8) is 0 Å². The number of nitrogens with two attached hydrogens (primary N) is 1. The van der Waals surface area contributed by atoms with Crippen molar-refractivity contribution >= 4 is 0 Å². The predicted octanol–water partition coefficient (Wildman–Crippen LogP) is 4.72. The van der Waals surface area contributed by atoms with Crippen molar-refractivity contribution in [3.05, 3.63) is 108 Å². The molecule has 1 saturated carbocycles. The Kier molecular flexibility index (Phi) is 7.86. The zero-order valence-electron chi connectivity index (χ0n) is 17.8. The molecule has 0 aromatic heterocycles. The van der Waals surface area contributed by atoms with E-state index in [2.05, 4.69) is 36.4 Å². The van der Waals surface area contributed by atoms with E-state index >= 15 is 0 Å². The summed E-state index contributed by atoms with van der Waals surface area (Å²) in [6, 6.07) is 30.6. The maximum Gasteiger partial charge on any atom is 0.0995 e. The summed E-state index contributed by atoms with van der Waals surface area (Å²) in [4.78, 5) is 0. The Hall–Kier alpha value is -2.50. The molecule has 0 radical (unpaired) electrons. The van der Waals surface area contributed by atoms with Crippen LogP contribution in [0.5, 0.6) is 0 Å². The minimum Gasteiger partial charge on any atom is -0.376 e. The summed E-state index contributed by atoms with van der Waals surface area (Å²) in [5.74, 6) is 0.197. The molecule has 4 rings (SSSR count). The largest absolute Gasteiger partial charge is 0.376 e. The van der Waals surface area contributed by atoms with Gasteiger partial charge in [-0.05, 0) is 23.1 Å². The molecule has 2 N–H and O–H groups in total. The van der Waals surface area contributed by atoms with Gasteiger partial charge in [-0.25, -0.2) is 0 Å². The van der Waals surface area contributed by atoms with Crippen molar-refractivity contribution < 1.29 is 14.2 Å². The van der Waals surface area contributed by atoms with E-state index < -0.39 is 0 Å². The van der Waals surface area contributed by atoms with Crippen LogP contribution in [-0.2, 0) is 34.0 Å². The molecule has 31 heavy (non-hydrogen) atoms. The van der Waals surface area contributed by atoms with Gasteiger partial charge in [-0.3, -0.25) is 0 Å². The van der Waals surface area contributed by atoms with Crippen LogP contribution >= 0.6 is 0 Å². The SMILES string of the molecule is NC1CC(COCc2ccccc2)C(OCc2ccccc2)C1OCc1ccccc1. The van der Waals surface area contributed by atoms with Crippen LogP contribution in [0.25, 0.3) is 0 Å². The average molecular weight is 418 g/mol. The van der Waals surface area contributed by atoms with Crippen molar-refractivity contribution in [1.82, 2.24) is 0 Å². The van der Waals surface area contributed by atoms with E-state index in [1.54, 1.807) is 0 Å². The van der Waals surface area contributed by atoms with Crippen molar-refractivity contribution in [2.45, 2.75) is 44.5 Å². The monoisotopic (exact) mass is 417 g/mol. The van der Waals surface area contributed by atoms with Crippen molar-refractivity contribution in [2.24, 2.45) is 11.7 Å². The molecule has 0 bridgehead atoms. The Labute approximate surface area is 185 Å². The second kappa shape index (κ2) is 11.2. The predicted molar refractivity (Wildman–Crippen MR) is 122 cm³/mol. The van der Waals surface area contributed by atoms with Gasteiger partial charge in [-0.1, -0.05) is 91.0 Å². The normalized spacial score (nSPS) is 23.1. The number of hydrogen-bond donors (Lipinski definition) is 1. The number of rotatable bonds is 10. The zero-order valence-corrected chi connectivity index (χ0v) is 17.8. The molecule has 162 valence electrons. The van der Waals surface area contributed by atoms with Crippen LogP contribution in [0.1, 0.15) is 23.1 Å². The molecule has 0 heterocycles. The van der Waals surface area contributed by atoms with Crippen molar-refractivity contribution in [2.75, 3.05) is 6.61 Å². The van der Waals surface area contributed by atoms with Crippen LogP contribution in [0.2, 0.25) is 0 Å². The highest BCUT2D eigenvalue weighted by Crippen LogP contribution is 2.32. The maximum absolute atomic E-state index is 6.52. The highest BCUT2D eigenvalue weighted by Gasteiger charge is 2.43. The topological polar surface area (TPSA) is 53.7 Å². The zero-order chi connectivity index (χ0) is 21.3. The number of hydrogen-bond acceptors (Lipinski definition) is 4. The molecule has 0 saturated heterocycles. The van der Waals surface area contributed by atoms with Crippen molar-refractivity contribution in [1.29, 1.82) is 0 Å². The molecule has 4 heteroatoms. The molecule has 0 amide bonds. The molecule has 4 atom stereocenters. The van der Waals surface area contributed by atoms with Gasteiger partial charge >= 0.3 is 0 Å². The Bertz CT molecular complexity index is 888. The van der Waals surface area contributed by atoms with Crippen LogP contribution in [-0.4, -0.2) is 24.9 Å². The second-order valence-corrected chi connectivity index (χ2v) is 8.18. The number of benzene rings is 3. The average Bonchev–Trinajstić information content (AvgIpc) is 3.12. The molecule has 3 aromatic carbocycles. The van der Waals surface area contributed by atoms with Gasteiger partial charge in [-0.2, -0.15) is 0 Å². The molecular weight excluding hydrogens is 386 g/mol. The van der Waals surface area contributed by atoms with E-state index in [-0.39, 0.29) is 24.2 Å². The van der Waals surface area contributed by atoms with Crippen LogP contribution in [0, 0.1) is 5.92 Å². The Balaban J connectivity index is 1.39. The van der Waals surface area contributed by atoms with E-state index in [9.17, 15) is 0 Å². The lowest BCUT2D eigenvalue weighted by atomic mass is 10.1. The van der Waals surface area contributed by atoms with Crippen LogP contribution in [0.3, 0.4) is 0 Å². The molecular formula is C27H31NO3. The first kappa shape index (κ1) is 21.7. The number of ether oxygens (including phenoxy) is 3. The molecule has 4 unspecified atom stereocenters. The highest BCUT2D eigenvalue weighted by atomic mass is 16.5. The van der Waals surface area contributed by atoms with E-state index in [1.165, 1.54) is 5.56 Å². The van der Waals surface area contributed by atoms with Gasteiger partial charge in [0.05, 0.1) is 38.6 Å². The Morgan fingerprint density at radius 2 is 1.06 bits per heavy atom. The highest BCUT2D eigenvalue weighted by molar-refractivity contribution is 5.15. The summed E-state index contributed by atoms with van der Waals surface area (Å²) in [6.45, 7) is 2.27. The van der Waals surface area contributed by atoms with Gasteiger partial charge in [0, 0.05) is 12.0 Å². The minimum atomic E-state index is -0.158.